The minimum absolute atomic E-state index is 0. The predicted molar refractivity (Wildman–Crippen MR) is 107 cm³/mol. The molecule has 1 heterocycles. The van der Waals surface area contributed by atoms with Gasteiger partial charge in [0.15, 0.2) is 5.96 Å². The van der Waals surface area contributed by atoms with E-state index in [0.717, 1.165) is 18.1 Å². The number of halogens is 2. The normalized spacial score (nSPS) is 11.0. The monoisotopic (exact) mass is 447 g/mol. The van der Waals surface area contributed by atoms with E-state index in [1.165, 1.54) is 15.8 Å². The first-order valence-corrected chi connectivity index (χ1v) is 8.31. The lowest BCUT2D eigenvalue weighted by Crippen LogP contribution is -2.38. The quantitative estimate of drug-likeness (QED) is 0.397. The number of aryl methyl sites for hydroxylation is 1. The van der Waals surface area contributed by atoms with Crippen LogP contribution in [0.4, 0.5) is 4.39 Å². The van der Waals surface area contributed by atoms with Crippen LogP contribution in [-0.4, -0.2) is 19.0 Å². The molecule has 1 aromatic carbocycles. The molecule has 0 aliphatic rings. The molecular weight excluding hydrogens is 424 g/mol. The highest BCUT2D eigenvalue weighted by atomic mass is 127. The van der Waals surface area contributed by atoms with Gasteiger partial charge in [-0.15, -0.1) is 35.3 Å². The SMILES string of the molecule is CCNC(=NCc1ccc(C)s1)NCCc1ccccc1F.I. The number of hydrogen-bond donors (Lipinski definition) is 2. The van der Waals surface area contributed by atoms with Gasteiger partial charge < -0.3 is 10.6 Å². The van der Waals surface area contributed by atoms with Gasteiger partial charge >= 0.3 is 0 Å². The number of nitrogens with one attached hydrogen (secondary N) is 2. The van der Waals surface area contributed by atoms with Crippen LogP contribution >= 0.6 is 35.3 Å². The molecule has 23 heavy (non-hydrogen) atoms. The molecule has 0 radical (unpaired) electrons. The molecule has 2 rings (SSSR count). The lowest BCUT2D eigenvalue weighted by molar-refractivity contribution is 0.606. The fraction of sp³-hybridized carbons (Fsp3) is 0.353. The van der Waals surface area contributed by atoms with Crippen molar-refractivity contribution in [3.05, 3.63) is 57.5 Å². The molecule has 0 atom stereocenters. The second-order valence-electron chi connectivity index (χ2n) is 4.98. The van der Waals surface area contributed by atoms with Crippen LogP contribution in [0.25, 0.3) is 0 Å². The third kappa shape index (κ3) is 6.87. The summed E-state index contributed by atoms with van der Waals surface area (Å²) in [6, 6.07) is 11.1. The van der Waals surface area contributed by atoms with Gasteiger partial charge in [0.2, 0.25) is 0 Å². The smallest absolute Gasteiger partial charge is 0.191 e. The van der Waals surface area contributed by atoms with E-state index in [1.54, 1.807) is 17.4 Å². The maximum absolute atomic E-state index is 13.6. The summed E-state index contributed by atoms with van der Waals surface area (Å²) in [5.41, 5.74) is 0.722. The van der Waals surface area contributed by atoms with E-state index >= 15 is 0 Å². The minimum atomic E-state index is -0.152. The van der Waals surface area contributed by atoms with Gasteiger partial charge in [0.05, 0.1) is 6.54 Å². The van der Waals surface area contributed by atoms with Crippen LogP contribution in [0.1, 0.15) is 22.2 Å². The van der Waals surface area contributed by atoms with Crippen molar-refractivity contribution in [2.24, 2.45) is 4.99 Å². The predicted octanol–water partition coefficient (Wildman–Crippen LogP) is 4.11. The molecular formula is C17H23FIN3S. The number of aliphatic imine (C=N–C) groups is 1. The molecule has 2 N–H and O–H groups in total. The Bertz CT molecular complexity index is 628. The first kappa shape index (κ1) is 19.9. The largest absolute Gasteiger partial charge is 0.357 e. The van der Waals surface area contributed by atoms with Gasteiger partial charge in [-0.05, 0) is 44.0 Å². The van der Waals surface area contributed by atoms with E-state index in [1.807, 2.05) is 19.1 Å². The third-order valence-electron chi connectivity index (χ3n) is 3.18. The first-order chi connectivity index (χ1) is 10.7. The standard InChI is InChI=1S/C17H22FN3S.HI/c1-3-19-17(21-12-15-9-8-13(2)22-15)20-11-10-14-6-4-5-7-16(14)18;/h4-9H,3,10-12H2,1-2H3,(H2,19,20,21);1H. The molecule has 3 nitrogen and oxygen atoms in total. The minimum Gasteiger partial charge on any atom is -0.357 e. The van der Waals surface area contributed by atoms with Crippen LogP contribution in [0.3, 0.4) is 0 Å². The molecule has 6 heteroatoms. The second kappa shape index (κ2) is 10.6. The van der Waals surface area contributed by atoms with Crippen molar-refractivity contribution in [1.29, 1.82) is 0 Å². The molecule has 0 saturated carbocycles. The van der Waals surface area contributed by atoms with E-state index < -0.39 is 0 Å². The van der Waals surface area contributed by atoms with Crippen LogP contribution in [-0.2, 0) is 13.0 Å². The molecule has 1 aromatic heterocycles. The van der Waals surface area contributed by atoms with Crippen molar-refractivity contribution < 1.29 is 4.39 Å². The lowest BCUT2D eigenvalue weighted by atomic mass is 10.1. The summed E-state index contributed by atoms with van der Waals surface area (Å²) in [4.78, 5) is 7.10. The molecule has 0 aliphatic heterocycles. The maximum atomic E-state index is 13.6. The van der Waals surface area contributed by atoms with E-state index in [9.17, 15) is 4.39 Å². The first-order valence-electron chi connectivity index (χ1n) is 7.50. The molecule has 0 aliphatic carbocycles. The lowest BCUT2D eigenvalue weighted by Gasteiger charge is -2.11. The Kier molecular flexibility index (Phi) is 9.16. The Balaban J connectivity index is 0.00000264. The Morgan fingerprint density at radius 1 is 1.17 bits per heavy atom. The summed E-state index contributed by atoms with van der Waals surface area (Å²) in [6.07, 6.45) is 0.634. The number of hydrogen-bond acceptors (Lipinski definition) is 2. The summed E-state index contributed by atoms with van der Waals surface area (Å²) < 4.78 is 13.6. The van der Waals surface area contributed by atoms with Gasteiger partial charge in [0.25, 0.3) is 0 Å². The molecule has 126 valence electrons. The second-order valence-corrected chi connectivity index (χ2v) is 6.35. The van der Waals surface area contributed by atoms with Crippen molar-refractivity contribution in [1.82, 2.24) is 10.6 Å². The van der Waals surface area contributed by atoms with Crippen molar-refractivity contribution in [2.45, 2.75) is 26.8 Å². The molecule has 0 fully saturated rings. The van der Waals surface area contributed by atoms with Crippen LogP contribution in [0.2, 0.25) is 0 Å². The molecule has 2 aromatic rings. The highest BCUT2D eigenvalue weighted by Crippen LogP contribution is 2.15. The van der Waals surface area contributed by atoms with Crippen molar-refractivity contribution in [3.8, 4) is 0 Å². The Hall–Kier alpha value is -1.15. The van der Waals surface area contributed by atoms with Crippen molar-refractivity contribution >= 4 is 41.3 Å². The number of rotatable bonds is 6. The summed E-state index contributed by atoms with van der Waals surface area (Å²) in [5.74, 6) is 0.616. The average molecular weight is 447 g/mol. The summed E-state index contributed by atoms with van der Waals surface area (Å²) in [5, 5.41) is 6.46. The fourth-order valence-corrected chi connectivity index (χ4v) is 2.90. The number of nitrogens with zero attached hydrogens (tertiary/aromatic N) is 1. The van der Waals surface area contributed by atoms with Crippen molar-refractivity contribution in [3.63, 3.8) is 0 Å². The maximum Gasteiger partial charge on any atom is 0.191 e. The number of benzene rings is 1. The molecule has 0 amide bonds. The zero-order chi connectivity index (χ0) is 15.8. The summed E-state index contributed by atoms with van der Waals surface area (Å²) in [6.45, 7) is 6.23. The Labute approximate surface area is 158 Å². The molecule has 0 saturated heterocycles. The molecule has 0 unspecified atom stereocenters. The van der Waals surface area contributed by atoms with E-state index in [-0.39, 0.29) is 29.8 Å². The van der Waals surface area contributed by atoms with Crippen molar-refractivity contribution in [2.75, 3.05) is 13.1 Å². The third-order valence-corrected chi connectivity index (χ3v) is 4.16. The van der Waals surface area contributed by atoms with Gasteiger partial charge in [0, 0.05) is 22.8 Å². The molecule has 0 spiro atoms. The Morgan fingerprint density at radius 3 is 2.61 bits per heavy atom. The number of thiophene rings is 1. The van der Waals surface area contributed by atoms with Gasteiger partial charge in [-0.25, -0.2) is 9.38 Å². The van der Waals surface area contributed by atoms with Crippen LogP contribution in [0.15, 0.2) is 41.4 Å². The number of guanidine groups is 1. The molecule has 0 bridgehead atoms. The zero-order valence-electron chi connectivity index (χ0n) is 13.4. The van der Waals surface area contributed by atoms with Gasteiger partial charge in [-0.3, -0.25) is 0 Å². The van der Waals surface area contributed by atoms with Gasteiger partial charge in [-0.1, -0.05) is 18.2 Å². The van der Waals surface area contributed by atoms with Gasteiger partial charge in [0.1, 0.15) is 5.82 Å². The summed E-state index contributed by atoms with van der Waals surface area (Å²) in [7, 11) is 0. The van der Waals surface area contributed by atoms with Crippen LogP contribution in [0, 0.1) is 12.7 Å². The highest BCUT2D eigenvalue weighted by Gasteiger charge is 2.02. The van der Waals surface area contributed by atoms with E-state index in [4.69, 9.17) is 0 Å². The van der Waals surface area contributed by atoms with E-state index in [0.29, 0.717) is 19.5 Å². The fourth-order valence-electron chi connectivity index (χ4n) is 2.09. The zero-order valence-corrected chi connectivity index (χ0v) is 16.6. The Morgan fingerprint density at radius 2 is 1.96 bits per heavy atom. The average Bonchev–Trinajstić information content (AvgIpc) is 2.92. The van der Waals surface area contributed by atoms with Crippen LogP contribution < -0.4 is 10.6 Å². The van der Waals surface area contributed by atoms with E-state index in [2.05, 4.69) is 34.7 Å². The van der Waals surface area contributed by atoms with Crippen LogP contribution in [0.5, 0.6) is 0 Å². The topological polar surface area (TPSA) is 36.4 Å². The highest BCUT2D eigenvalue weighted by molar-refractivity contribution is 14.0. The summed E-state index contributed by atoms with van der Waals surface area (Å²) >= 11 is 1.76. The van der Waals surface area contributed by atoms with Gasteiger partial charge in [-0.2, -0.15) is 0 Å².